The highest BCUT2D eigenvalue weighted by molar-refractivity contribution is 6.15. The minimum absolute atomic E-state index is 0.0238. The number of hydrogen-bond acceptors (Lipinski definition) is 2. The van der Waals surface area contributed by atoms with Gasteiger partial charge in [-0.05, 0) is 78.1 Å². The van der Waals surface area contributed by atoms with Gasteiger partial charge < -0.3 is 9.88 Å². The molecule has 1 atom stereocenters. The molecule has 2 aliphatic rings. The monoisotopic (exact) mass is 642 g/mol. The third-order valence-corrected chi connectivity index (χ3v) is 10.2. The van der Waals surface area contributed by atoms with Crippen LogP contribution in [0.25, 0.3) is 61.3 Å². The molecule has 6 aromatic carbocycles. The highest BCUT2D eigenvalue weighted by Gasteiger charge is 2.24. The molecule has 3 heterocycles. The zero-order chi connectivity index (χ0) is 33.0. The highest BCUT2D eigenvalue weighted by atomic mass is 15.2. The Balaban J connectivity index is 1.13. The lowest BCUT2D eigenvalue weighted by atomic mass is 9.98. The number of aliphatic imine (C=N–C) groups is 1. The van der Waals surface area contributed by atoms with Crippen molar-refractivity contribution in [3.8, 4) is 16.8 Å². The van der Waals surface area contributed by atoms with Crippen LogP contribution in [0.2, 0.25) is 0 Å². The van der Waals surface area contributed by atoms with E-state index in [1.54, 1.807) is 0 Å². The molecule has 10 rings (SSSR count). The van der Waals surface area contributed by atoms with Crippen molar-refractivity contribution in [2.75, 3.05) is 0 Å². The predicted octanol–water partition coefficient (Wildman–Crippen LogP) is 11.0. The second kappa shape index (κ2) is 11.6. The number of nitrogens with one attached hydrogen (secondary N) is 1. The Hall–Kier alpha value is -6.39. The molecule has 0 amide bonds. The Morgan fingerprint density at radius 2 is 1.20 bits per heavy atom. The predicted molar refractivity (Wildman–Crippen MR) is 209 cm³/mol. The number of fused-ring (bicyclic) bond motifs is 6. The van der Waals surface area contributed by atoms with Crippen molar-refractivity contribution in [1.29, 1.82) is 0 Å². The van der Waals surface area contributed by atoms with E-state index in [9.17, 15) is 0 Å². The number of nitrogens with zero attached hydrogens (tertiary/aromatic N) is 3. The van der Waals surface area contributed by atoms with Crippen molar-refractivity contribution in [1.82, 2.24) is 14.5 Å². The van der Waals surface area contributed by atoms with Crippen molar-refractivity contribution >= 4 is 50.4 Å². The summed E-state index contributed by atoms with van der Waals surface area (Å²) in [5.74, 6) is 0.821. The van der Waals surface area contributed by atoms with Gasteiger partial charge in [0.05, 0.1) is 28.3 Å². The lowest BCUT2D eigenvalue weighted by Crippen LogP contribution is -2.35. The van der Waals surface area contributed by atoms with E-state index in [4.69, 9.17) is 4.99 Å². The van der Waals surface area contributed by atoms with E-state index in [0.717, 1.165) is 41.1 Å². The molecule has 4 nitrogen and oxygen atoms in total. The number of para-hydroxylation sites is 2. The lowest BCUT2D eigenvalue weighted by Gasteiger charge is -2.25. The van der Waals surface area contributed by atoms with Gasteiger partial charge in [0.2, 0.25) is 5.96 Å². The van der Waals surface area contributed by atoms with Crippen molar-refractivity contribution in [3.63, 3.8) is 0 Å². The van der Waals surface area contributed by atoms with Gasteiger partial charge in [0.15, 0.2) is 0 Å². The van der Waals surface area contributed by atoms with E-state index in [-0.39, 0.29) is 6.04 Å². The molecule has 1 unspecified atom stereocenters. The SMILES string of the molecule is C1=Cc2c(n(-c3ccccc3)c3ccc(-c4ccc5c(c4)c4ccccc4n5C4=NC(c5ccccc5)=CC(c5ccccc5)N4)cc23)CC1. The third kappa shape index (κ3) is 4.64. The second-order valence-corrected chi connectivity index (χ2v) is 13.2. The van der Waals surface area contributed by atoms with Gasteiger partial charge >= 0.3 is 0 Å². The number of benzene rings is 6. The average molecular weight is 643 g/mol. The Morgan fingerprint density at radius 3 is 1.98 bits per heavy atom. The van der Waals surface area contributed by atoms with Crippen LogP contribution in [0, 0.1) is 0 Å². The summed E-state index contributed by atoms with van der Waals surface area (Å²) in [6, 6.07) is 54.4. The molecule has 2 aromatic heterocycles. The molecule has 238 valence electrons. The molecule has 8 aromatic rings. The summed E-state index contributed by atoms with van der Waals surface area (Å²) in [6.07, 6.45) is 8.97. The maximum Gasteiger partial charge on any atom is 0.209 e. The lowest BCUT2D eigenvalue weighted by molar-refractivity contribution is 0.760. The minimum atomic E-state index is -0.0238. The zero-order valence-electron chi connectivity index (χ0n) is 27.5. The Labute approximate surface area is 291 Å². The van der Waals surface area contributed by atoms with Crippen LogP contribution in [0.3, 0.4) is 0 Å². The first-order valence-corrected chi connectivity index (χ1v) is 17.4. The number of allylic oxidation sites excluding steroid dienone is 1. The van der Waals surface area contributed by atoms with E-state index in [1.165, 1.54) is 55.3 Å². The smallest absolute Gasteiger partial charge is 0.209 e. The van der Waals surface area contributed by atoms with Gasteiger partial charge in [-0.15, -0.1) is 0 Å². The molecule has 4 heteroatoms. The van der Waals surface area contributed by atoms with E-state index in [1.807, 2.05) is 0 Å². The van der Waals surface area contributed by atoms with Gasteiger partial charge in [0.1, 0.15) is 0 Å². The fraction of sp³-hybridized carbons (Fsp3) is 0.0652. The molecule has 0 spiro atoms. The number of rotatable bonds is 4. The first-order chi connectivity index (χ1) is 24.8. The molecule has 1 aliphatic carbocycles. The molecule has 50 heavy (non-hydrogen) atoms. The Bertz CT molecular complexity index is 2660. The molecule has 0 saturated carbocycles. The fourth-order valence-electron chi connectivity index (χ4n) is 7.90. The van der Waals surface area contributed by atoms with E-state index in [0.29, 0.717) is 0 Å². The zero-order valence-corrected chi connectivity index (χ0v) is 27.5. The maximum atomic E-state index is 5.27. The summed E-state index contributed by atoms with van der Waals surface area (Å²) in [7, 11) is 0. The molecule has 0 saturated heterocycles. The summed E-state index contributed by atoms with van der Waals surface area (Å²) in [5, 5.41) is 7.51. The average Bonchev–Trinajstić information content (AvgIpc) is 3.71. The fourth-order valence-corrected chi connectivity index (χ4v) is 7.90. The van der Waals surface area contributed by atoms with Gasteiger partial charge in [-0.3, -0.25) is 4.57 Å². The molecular formula is C46H34N4. The molecule has 0 bridgehead atoms. The normalized spacial score (nSPS) is 15.6. The van der Waals surface area contributed by atoms with Crippen molar-refractivity contribution < 1.29 is 0 Å². The van der Waals surface area contributed by atoms with Crippen LogP contribution >= 0.6 is 0 Å². The van der Waals surface area contributed by atoms with Gasteiger partial charge in [-0.2, -0.15) is 0 Å². The van der Waals surface area contributed by atoms with Crippen LogP contribution in [0.5, 0.6) is 0 Å². The van der Waals surface area contributed by atoms with E-state index >= 15 is 0 Å². The van der Waals surface area contributed by atoms with Crippen LogP contribution < -0.4 is 5.32 Å². The quantitative estimate of drug-likeness (QED) is 0.204. The summed E-state index contributed by atoms with van der Waals surface area (Å²) in [6.45, 7) is 0. The molecular weight excluding hydrogens is 609 g/mol. The van der Waals surface area contributed by atoms with Gasteiger partial charge in [-0.25, -0.2) is 4.99 Å². The van der Waals surface area contributed by atoms with Crippen LogP contribution in [0.1, 0.15) is 34.8 Å². The van der Waals surface area contributed by atoms with E-state index in [2.05, 4.69) is 184 Å². The number of hydrogen-bond donors (Lipinski definition) is 1. The van der Waals surface area contributed by atoms with E-state index < -0.39 is 0 Å². The van der Waals surface area contributed by atoms with Crippen molar-refractivity contribution in [2.24, 2.45) is 4.99 Å². The number of aromatic nitrogens is 2. The maximum absolute atomic E-state index is 5.27. The summed E-state index contributed by atoms with van der Waals surface area (Å²) < 4.78 is 4.75. The Kier molecular flexibility index (Phi) is 6.66. The molecule has 0 fully saturated rings. The van der Waals surface area contributed by atoms with Crippen molar-refractivity contribution in [2.45, 2.75) is 18.9 Å². The standard InChI is InChI=1S/C46H34N4/c1-4-14-31(15-5-1)40-30-41(32-16-6-2-7-17-32)48-46(47-40)50-43-23-13-11-21-37(43)39-29-34(25-27-45(39)50)33-24-26-44-38(28-33)36-20-10-12-22-42(36)49(44)35-18-8-3-9-19-35/h1-11,13-21,23-30,40H,12,22H2,(H,47,48). The minimum Gasteiger partial charge on any atom is -0.345 e. The second-order valence-electron chi connectivity index (χ2n) is 13.2. The van der Waals surface area contributed by atoms with Crippen molar-refractivity contribution in [3.05, 3.63) is 186 Å². The first kappa shape index (κ1) is 28.6. The summed E-state index contributed by atoms with van der Waals surface area (Å²) >= 11 is 0. The van der Waals surface area contributed by atoms with Gasteiger partial charge in [0, 0.05) is 38.7 Å². The van der Waals surface area contributed by atoms with Gasteiger partial charge in [0.25, 0.3) is 0 Å². The largest absolute Gasteiger partial charge is 0.345 e. The third-order valence-electron chi connectivity index (χ3n) is 10.2. The van der Waals surface area contributed by atoms with Crippen LogP contribution in [0.4, 0.5) is 0 Å². The van der Waals surface area contributed by atoms with Crippen LogP contribution in [0.15, 0.2) is 169 Å². The summed E-state index contributed by atoms with van der Waals surface area (Å²) in [5.41, 5.74) is 13.1. The highest BCUT2D eigenvalue weighted by Crippen LogP contribution is 2.39. The van der Waals surface area contributed by atoms with Crippen LogP contribution in [-0.2, 0) is 6.42 Å². The molecule has 1 aliphatic heterocycles. The van der Waals surface area contributed by atoms with Gasteiger partial charge in [-0.1, -0.05) is 121 Å². The first-order valence-electron chi connectivity index (χ1n) is 17.4. The molecule has 0 radical (unpaired) electrons. The summed E-state index contributed by atoms with van der Waals surface area (Å²) in [4.78, 5) is 5.27. The molecule has 1 N–H and O–H groups in total. The Morgan fingerprint density at radius 1 is 0.560 bits per heavy atom. The van der Waals surface area contributed by atoms with Crippen LogP contribution in [-0.4, -0.2) is 15.1 Å². The topological polar surface area (TPSA) is 34.2 Å².